The number of carboxylic acids is 2. The number of aliphatic carboxylic acids is 2. The molecule has 0 bridgehead atoms. The Bertz CT molecular complexity index is 775. The summed E-state index contributed by atoms with van der Waals surface area (Å²) in [6.07, 6.45) is 25.2. The van der Waals surface area contributed by atoms with Crippen molar-refractivity contribution >= 4 is 23.9 Å². The molecule has 41 heavy (non-hydrogen) atoms. The topological polar surface area (TPSA) is 118 Å². The quantitative estimate of drug-likeness (QED) is 0.0432. The highest BCUT2D eigenvalue weighted by atomic mass is 16.6. The van der Waals surface area contributed by atoms with Crippen LogP contribution < -0.4 is 0 Å². The lowest BCUT2D eigenvalue weighted by atomic mass is 9.76. The van der Waals surface area contributed by atoms with Crippen LogP contribution in [0.1, 0.15) is 155 Å². The molecule has 236 valence electrons. The maximum absolute atomic E-state index is 12.4. The summed E-state index contributed by atoms with van der Waals surface area (Å²) in [6, 6.07) is 0. The van der Waals surface area contributed by atoms with Gasteiger partial charge in [-0.15, -0.1) is 0 Å². The van der Waals surface area contributed by atoms with Crippen molar-refractivity contribution < 1.29 is 34.1 Å². The summed E-state index contributed by atoms with van der Waals surface area (Å²) < 4.78 is 4.91. The number of carbonyl (C=O) groups is 4. The third kappa shape index (κ3) is 18.1. The van der Waals surface area contributed by atoms with Gasteiger partial charge in [0.25, 0.3) is 0 Å². The molecule has 7 heteroatoms. The first-order chi connectivity index (χ1) is 19.8. The Morgan fingerprint density at radius 3 is 1.73 bits per heavy atom. The number of rotatable bonds is 27. The second-order valence-corrected chi connectivity index (χ2v) is 12.1. The molecule has 0 amide bonds. The van der Waals surface area contributed by atoms with Crippen LogP contribution in [0.2, 0.25) is 0 Å². The molecule has 0 radical (unpaired) electrons. The van der Waals surface area contributed by atoms with Crippen molar-refractivity contribution in [2.45, 2.75) is 155 Å². The minimum atomic E-state index is -0.713. The van der Waals surface area contributed by atoms with E-state index in [4.69, 9.17) is 14.9 Å². The van der Waals surface area contributed by atoms with Crippen LogP contribution in [0.4, 0.5) is 0 Å². The average molecular weight is 579 g/mol. The fraction of sp³-hybridized carbons (Fsp3) is 0.824. The van der Waals surface area contributed by atoms with Gasteiger partial charge in [-0.3, -0.25) is 19.2 Å². The molecule has 0 aliphatic carbocycles. The predicted molar refractivity (Wildman–Crippen MR) is 162 cm³/mol. The van der Waals surface area contributed by atoms with Crippen molar-refractivity contribution in [2.75, 3.05) is 0 Å². The fourth-order valence-electron chi connectivity index (χ4n) is 6.26. The minimum Gasteiger partial charge on any atom is -0.481 e. The Balaban J connectivity index is 2.67. The van der Waals surface area contributed by atoms with E-state index in [0.717, 1.165) is 83.5 Å². The van der Waals surface area contributed by atoms with Crippen LogP contribution in [0.5, 0.6) is 0 Å². The lowest BCUT2D eigenvalue weighted by Gasteiger charge is -2.29. The standard InChI is InChI=1S/C34H58O7/c1-3-5-14-21-29(30-26-33(39)41-34(30)40)25-24-28(20-16-11-7-9-13-18-23-32(37)38)27(4-2)19-15-10-6-8-12-17-22-31(35)36/h14,21,27-30H,3-13,15-20,22-26H2,1-2H3,(H,35,36)(H,37,38)/b21-14+. The van der Waals surface area contributed by atoms with Crippen LogP contribution in [0.15, 0.2) is 12.2 Å². The SMILES string of the molecule is CCC/C=C/C(CCC(CCCCCCCCC(=O)O)C(CC)CCCCCCCCC(=O)O)C1CC(=O)OC1=O. The number of esters is 2. The van der Waals surface area contributed by atoms with Gasteiger partial charge in [-0.2, -0.15) is 0 Å². The Morgan fingerprint density at radius 1 is 0.756 bits per heavy atom. The van der Waals surface area contributed by atoms with Crippen molar-refractivity contribution in [1.82, 2.24) is 0 Å². The first-order valence-electron chi connectivity index (χ1n) is 16.6. The minimum absolute atomic E-state index is 0.0422. The van der Waals surface area contributed by atoms with Crippen molar-refractivity contribution in [3.05, 3.63) is 12.2 Å². The van der Waals surface area contributed by atoms with E-state index >= 15 is 0 Å². The molecular weight excluding hydrogens is 520 g/mol. The van der Waals surface area contributed by atoms with Gasteiger partial charge in [0.05, 0.1) is 12.3 Å². The maximum atomic E-state index is 12.4. The van der Waals surface area contributed by atoms with Gasteiger partial charge in [0, 0.05) is 12.8 Å². The predicted octanol–water partition coefficient (Wildman–Crippen LogP) is 8.88. The maximum Gasteiger partial charge on any atom is 0.317 e. The zero-order valence-corrected chi connectivity index (χ0v) is 26.0. The zero-order chi connectivity index (χ0) is 30.3. The normalized spacial score (nSPS) is 17.6. The summed E-state index contributed by atoms with van der Waals surface area (Å²) in [4.78, 5) is 45.6. The van der Waals surface area contributed by atoms with Crippen molar-refractivity contribution in [1.29, 1.82) is 0 Å². The monoisotopic (exact) mass is 578 g/mol. The van der Waals surface area contributed by atoms with Crippen molar-refractivity contribution in [2.24, 2.45) is 23.7 Å². The Labute approximate surface area is 248 Å². The van der Waals surface area contributed by atoms with E-state index in [9.17, 15) is 19.2 Å². The third-order valence-electron chi connectivity index (χ3n) is 8.75. The summed E-state index contributed by atoms with van der Waals surface area (Å²) in [6.45, 7) is 4.43. The molecule has 0 aromatic heterocycles. The van der Waals surface area contributed by atoms with Crippen LogP contribution >= 0.6 is 0 Å². The molecule has 1 aliphatic heterocycles. The molecule has 2 N–H and O–H groups in total. The second-order valence-electron chi connectivity index (χ2n) is 12.1. The molecule has 4 unspecified atom stereocenters. The molecule has 7 nitrogen and oxygen atoms in total. The Hall–Kier alpha value is -2.18. The van der Waals surface area contributed by atoms with E-state index in [1.54, 1.807) is 0 Å². The van der Waals surface area contributed by atoms with E-state index in [0.29, 0.717) is 11.8 Å². The van der Waals surface area contributed by atoms with Gasteiger partial charge >= 0.3 is 23.9 Å². The molecule has 0 saturated carbocycles. The Kier molecular flexibility index (Phi) is 21.0. The number of unbranched alkanes of at least 4 members (excludes halogenated alkanes) is 11. The van der Waals surface area contributed by atoms with Gasteiger partial charge < -0.3 is 14.9 Å². The molecule has 1 heterocycles. The molecule has 1 fully saturated rings. The molecular formula is C34H58O7. The van der Waals surface area contributed by atoms with Gasteiger partial charge in [0.1, 0.15) is 0 Å². The van der Waals surface area contributed by atoms with Crippen molar-refractivity contribution in [3.8, 4) is 0 Å². The molecule has 4 atom stereocenters. The number of hydrogen-bond donors (Lipinski definition) is 2. The zero-order valence-electron chi connectivity index (χ0n) is 26.0. The average Bonchev–Trinajstić information content (AvgIpc) is 3.27. The molecule has 1 saturated heterocycles. The van der Waals surface area contributed by atoms with Crippen LogP contribution in [-0.2, 0) is 23.9 Å². The lowest BCUT2D eigenvalue weighted by molar-refractivity contribution is -0.153. The van der Waals surface area contributed by atoms with Crippen LogP contribution in [0.25, 0.3) is 0 Å². The number of ether oxygens (including phenoxy) is 1. The van der Waals surface area contributed by atoms with Gasteiger partial charge in [-0.1, -0.05) is 116 Å². The number of carbonyl (C=O) groups excluding carboxylic acids is 2. The molecule has 0 aromatic rings. The number of cyclic esters (lactones) is 2. The summed E-state index contributed by atoms with van der Waals surface area (Å²) >= 11 is 0. The first kappa shape index (κ1) is 36.8. The van der Waals surface area contributed by atoms with Crippen LogP contribution in [-0.4, -0.2) is 34.1 Å². The summed E-state index contributed by atoms with van der Waals surface area (Å²) in [5.41, 5.74) is 0. The smallest absolute Gasteiger partial charge is 0.317 e. The van der Waals surface area contributed by atoms with Crippen LogP contribution in [0.3, 0.4) is 0 Å². The molecule has 1 aliphatic rings. The van der Waals surface area contributed by atoms with E-state index in [1.165, 1.54) is 38.5 Å². The van der Waals surface area contributed by atoms with Gasteiger partial charge in [-0.05, 0) is 49.9 Å². The van der Waals surface area contributed by atoms with E-state index in [2.05, 4.69) is 26.0 Å². The number of allylic oxidation sites excluding steroid dienone is 2. The van der Waals surface area contributed by atoms with Gasteiger partial charge in [0.15, 0.2) is 0 Å². The van der Waals surface area contributed by atoms with E-state index < -0.39 is 17.9 Å². The van der Waals surface area contributed by atoms with Gasteiger partial charge in [0.2, 0.25) is 0 Å². The first-order valence-corrected chi connectivity index (χ1v) is 16.6. The summed E-state index contributed by atoms with van der Waals surface area (Å²) in [5.74, 6) is -1.29. The highest BCUT2D eigenvalue weighted by molar-refractivity contribution is 5.94. The lowest BCUT2D eigenvalue weighted by Crippen LogP contribution is -2.21. The highest BCUT2D eigenvalue weighted by Crippen LogP contribution is 2.36. The van der Waals surface area contributed by atoms with E-state index in [1.807, 2.05) is 0 Å². The summed E-state index contributed by atoms with van der Waals surface area (Å²) in [5, 5.41) is 17.6. The Morgan fingerprint density at radius 2 is 1.27 bits per heavy atom. The largest absolute Gasteiger partial charge is 0.481 e. The fourth-order valence-corrected chi connectivity index (χ4v) is 6.26. The number of hydrogen-bond acceptors (Lipinski definition) is 5. The van der Waals surface area contributed by atoms with Crippen molar-refractivity contribution in [3.63, 3.8) is 0 Å². The highest BCUT2D eigenvalue weighted by Gasteiger charge is 2.38. The summed E-state index contributed by atoms with van der Waals surface area (Å²) in [7, 11) is 0. The van der Waals surface area contributed by atoms with Crippen LogP contribution in [0, 0.1) is 23.7 Å². The molecule has 1 rings (SSSR count). The number of carboxylic acid groups (broad SMARTS) is 2. The van der Waals surface area contributed by atoms with E-state index in [-0.39, 0.29) is 37.1 Å². The molecule has 0 spiro atoms. The molecule has 0 aromatic carbocycles. The second kappa shape index (κ2) is 23.4. The third-order valence-corrected chi connectivity index (χ3v) is 8.75. The van der Waals surface area contributed by atoms with Gasteiger partial charge in [-0.25, -0.2) is 0 Å².